The highest BCUT2D eigenvalue weighted by molar-refractivity contribution is 5.85. The van der Waals surface area contributed by atoms with E-state index in [1.807, 2.05) is 23.0 Å². The Morgan fingerprint density at radius 3 is 2.90 bits per heavy atom. The third kappa shape index (κ3) is 4.54. The van der Waals surface area contributed by atoms with E-state index in [9.17, 15) is 0 Å². The van der Waals surface area contributed by atoms with Gasteiger partial charge in [0.1, 0.15) is 5.75 Å². The quantitative estimate of drug-likeness (QED) is 0.798. The number of ether oxygens (including phenoxy) is 1. The molecule has 0 aliphatic rings. The lowest BCUT2D eigenvalue weighted by atomic mass is 10.1. The van der Waals surface area contributed by atoms with Crippen molar-refractivity contribution in [3.63, 3.8) is 0 Å². The molecule has 1 heterocycles. The van der Waals surface area contributed by atoms with Crippen LogP contribution in [0.15, 0.2) is 36.5 Å². The fourth-order valence-corrected chi connectivity index (χ4v) is 2.07. The first-order valence-electron chi connectivity index (χ1n) is 6.68. The van der Waals surface area contributed by atoms with Crippen molar-refractivity contribution in [1.82, 2.24) is 15.1 Å². The topological polar surface area (TPSA) is 39.1 Å². The maximum Gasteiger partial charge on any atom is 0.119 e. The van der Waals surface area contributed by atoms with E-state index >= 15 is 0 Å². The van der Waals surface area contributed by atoms with Gasteiger partial charge >= 0.3 is 0 Å². The van der Waals surface area contributed by atoms with Crippen LogP contribution in [0.5, 0.6) is 5.75 Å². The maximum atomic E-state index is 5.22. The highest BCUT2D eigenvalue weighted by atomic mass is 35.5. The molecule has 0 aliphatic carbocycles. The lowest BCUT2D eigenvalue weighted by molar-refractivity contribution is 0.414. The molecule has 1 aromatic carbocycles. The summed E-state index contributed by atoms with van der Waals surface area (Å²) in [4.78, 5) is 0. The molecule has 2 rings (SSSR count). The largest absolute Gasteiger partial charge is 0.497 e. The number of hydrogen-bond acceptors (Lipinski definition) is 3. The highest BCUT2D eigenvalue weighted by Gasteiger charge is 2.00. The summed E-state index contributed by atoms with van der Waals surface area (Å²) in [5.41, 5.74) is 2.52. The van der Waals surface area contributed by atoms with Gasteiger partial charge in [0.15, 0.2) is 0 Å². The Kier molecular flexibility index (Phi) is 7.12. The number of aryl methyl sites for hydroxylation is 1. The summed E-state index contributed by atoms with van der Waals surface area (Å²) < 4.78 is 7.23. The van der Waals surface area contributed by atoms with Crippen molar-refractivity contribution in [2.45, 2.75) is 26.4 Å². The summed E-state index contributed by atoms with van der Waals surface area (Å²) in [6.07, 6.45) is 2.85. The number of halogens is 1. The Hall–Kier alpha value is -1.52. The standard InChI is InChI=1S/C15H21N3O.ClH/c1-3-18-14(8-10-17-18)12-16-9-7-13-5-4-6-15(11-13)19-2;/h4-6,8,10-11,16H,3,7,9,12H2,1-2H3;1H. The number of rotatable bonds is 7. The molecule has 0 fully saturated rings. The summed E-state index contributed by atoms with van der Waals surface area (Å²) in [5, 5.41) is 7.70. The molecule has 0 saturated carbocycles. The van der Waals surface area contributed by atoms with Crippen molar-refractivity contribution in [2.24, 2.45) is 0 Å². The smallest absolute Gasteiger partial charge is 0.119 e. The molecular formula is C15H22ClN3O. The second-order valence-corrected chi connectivity index (χ2v) is 4.42. The maximum absolute atomic E-state index is 5.22. The minimum Gasteiger partial charge on any atom is -0.497 e. The second kappa shape index (κ2) is 8.61. The average molecular weight is 296 g/mol. The molecule has 4 nitrogen and oxygen atoms in total. The lowest BCUT2D eigenvalue weighted by Crippen LogP contribution is -2.19. The van der Waals surface area contributed by atoms with Gasteiger partial charge in [-0.3, -0.25) is 4.68 Å². The summed E-state index contributed by atoms with van der Waals surface area (Å²) >= 11 is 0. The SMILES string of the molecule is CCn1nccc1CNCCc1cccc(OC)c1.Cl. The van der Waals surface area contributed by atoms with Crippen LogP contribution in [-0.2, 0) is 19.5 Å². The number of hydrogen-bond donors (Lipinski definition) is 1. The molecule has 5 heteroatoms. The van der Waals surface area contributed by atoms with Gasteiger partial charge in [0.05, 0.1) is 12.8 Å². The summed E-state index contributed by atoms with van der Waals surface area (Å²) in [5.74, 6) is 0.918. The van der Waals surface area contributed by atoms with Gasteiger partial charge in [-0.05, 0) is 43.7 Å². The van der Waals surface area contributed by atoms with Crippen molar-refractivity contribution in [3.05, 3.63) is 47.8 Å². The minimum absolute atomic E-state index is 0. The van der Waals surface area contributed by atoms with E-state index in [4.69, 9.17) is 4.74 Å². The summed E-state index contributed by atoms with van der Waals surface area (Å²) in [7, 11) is 1.70. The summed E-state index contributed by atoms with van der Waals surface area (Å²) in [6, 6.07) is 10.3. The molecule has 0 atom stereocenters. The van der Waals surface area contributed by atoms with E-state index in [2.05, 4.69) is 35.5 Å². The second-order valence-electron chi connectivity index (χ2n) is 4.42. The van der Waals surface area contributed by atoms with Gasteiger partial charge < -0.3 is 10.1 Å². The van der Waals surface area contributed by atoms with Crippen molar-refractivity contribution in [2.75, 3.05) is 13.7 Å². The highest BCUT2D eigenvalue weighted by Crippen LogP contribution is 2.12. The number of benzene rings is 1. The zero-order valence-corrected chi connectivity index (χ0v) is 12.8. The Morgan fingerprint density at radius 1 is 1.30 bits per heavy atom. The van der Waals surface area contributed by atoms with Crippen LogP contribution >= 0.6 is 12.4 Å². The summed E-state index contributed by atoms with van der Waals surface area (Å²) in [6.45, 7) is 4.83. The van der Waals surface area contributed by atoms with Gasteiger partial charge in [-0.25, -0.2) is 0 Å². The third-order valence-corrected chi connectivity index (χ3v) is 3.13. The van der Waals surface area contributed by atoms with Crippen LogP contribution in [0, 0.1) is 0 Å². The van der Waals surface area contributed by atoms with Gasteiger partial charge in [0, 0.05) is 19.3 Å². The Bertz CT molecular complexity index is 513. The molecule has 0 saturated heterocycles. The molecule has 0 aliphatic heterocycles. The van der Waals surface area contributed by atoms with Crippen LogP contribution in [0.4, 0.5) is 0 Å². The van der Waals surface area contributed by atoms with E-state index in [0.29, 0.717) is 0 Å². The zero-order valence-electron chi connectivity index (χ0n) is 12.0. The number of nitrogens with one attached hydrogen (secondary N) is 1. The molecule has 0 bridgehead atoms. The van der Waals surface area contributed by atoms with Crippen molar-refractivity contribution < 1.29 is 4.74 Å². The molecule has 0 radical (unpaired) electrons. The molecule has 0 spiro atoms. The Balaban J connectivity index is 0.00000200. The fraction of sp³-hybridized carbons (Fsp3) is 0.400. The average Bonchev–Trinajstić information content (AvgIpc) is 2.91. The first-order valence-corrected chi connectivity index (χ1v) is 6.68. The van der Waals surface area contributed by atoms with Crippen LogP contribution in [0.25, 0.3) is 0 Å². The van der Waals surface area contributed by atoms with Crippen LogP contribution in [0.1, 0.15) is 18.2 Å². The molecule has 20 heavy (non-hydrogen) atoms. The Labute approximate surface area is 126 Å². The Morgan fingerprint density at radius 2 is 2.15 bits per heavy atom. The third-order valence-electron chi connectivity index (χ3n) is 3.13. The predicted octanol–water partition coefficient (Wildman–Crippen LogP) is 2.67. The molecule has 0 amide bonds. The minimum atomic E-state index is 0. The van der Waals surface area contributed by atoms with Gasteiger partial charge in [0.2, 0.25) is 0 Å². The van der Waals surface area contributed by atoms with Crippen molar-refractivity contribution in [1.29, 1.82) is 0 Å². The first kappa shape index (κ1) is 16.5. The van der Waals surface area contributed by atoms with Crippen LogP contribution in [-0.4, -0.2) is 23.4 Å². The van der Waals surface area contributed by atoms with Gasteiger partial charge in [-0.1, -0.05) is 12.1 Å². The van der Waals surface area contributed by atoms with E-state index in [-0.39, 0.29) is 12.4 Å². The van der Waals surface area contributed by atoms with E-state index in [1.54, 1.807) is 7.11 Å². The normalized spacial score (nSPS) is 10.1. The van der Waals surface area contributed by atoms with Gasteiger partial charge in [0.25, 0.3) is 0 Å². The molecule has 110 valence electrons. The lowest BCUT2D eigenvalue weighted by Gasteiger charge is -2.07. The monoisotopic (exact) mass is 295 g/mol. The molecule has 2 aromatic rings. The predicted molar refractivity (Wildman–Crippen MR) is 83.6 cm³/mol. The molecule has 0 unspecified atom stereocenters. The van der Waals surface area contributed by atoms with E-state index in [1.165, 1.54) is 11.3 Å². The molecular weight excluding hydrogens is 274 g/mol. The van der Waals surface area contributed by atoms with Crippen molar-refractivity contribution in [3.8, 4) is 5.75 Å². The fourth-order valence-electron chi connectivity index (χ4n) is 2.07. The van der Waals surface area contributed by atoms with E-state index in [0.717, 1.165) is 31.8 Å². The first-order chi connectivity index (χ1) is 9.33. The van der Waals surface area contributed by atoms with Crippen molar-refractivity contribution >= 4 is 12.4 Å². The molecule has 1 N–H and O–H groups in total. The number of methoxy groups -OCH3 is 1. The number of aromatic nitrogens is 2. The zero-order chi connectivity index (χ0) is 13.5. The van der Waals surface area contributed by atoms with Gasteiger partial charge in [-0.2, -0.15) is 5.10 Å². The van der Waals surface area contributed by atoms with Crippen LogP contribution in [0.2, 0.25) is 0 Å². The van der Waals surface area contributed by atoms with Gasteiger partial charge in [-0.15, -0.1) is 12.4 Å². The molecule has 1 aromatic heterocycles. The van der Waals surface area contributed by atoms with Crippen LogP contribution < -0.4 is 10.1 Å². The number of nitrogens with zero attached hydrogens (tertiary/aromatic N) is 2. The van der Waals surface area contributed by atoms with E-state index < -0.39 is 0 Å². The van der Waals surface area contributed by atoms with Crippen LogP contribution in [0.3, 0.4) is 0 Å².